The summed E-state index contributed by atoms with van der Waals surface area (Å²) in [6.45, 7) is 8.62. The lowest BCUT2D eigenvalue weighted by Gasteiger charge is -2.31. The van der Waals surface area contributed by atoms with Crippen molar-refractivity contribution in [2.24, 2.45) is 11.0 Å². The quantitative estimate of drug-likeness (QED) is 0.521. The van der Waals surface area contributed by atoms with Crippen LogP contribution in [0.4, 0.5) is 0 Å². The lowest BCUT2D eigenvalue weighted by atomic mass is 9.96. The van der Waals surface area contributed by atoms with Gasteiger partial charge in [0.15, 0.2) is 0 Å². The van der Waals surface area contributed by atoms with Crippen molar-refractivity contribution < 1.29 is 14.3 Å². The van der Waals surface area contributed by atoms with Crippen LogP contribution in [0.25, 0.3) is 0 Å². The Morgan fingerprint density at radius 3 is 2.46 bits per heavy atom. The molecule has 0 spiro atoms. The normalized spacial score (nSPS) is 20.1. The van der Waals surface area contributed by atoms with E-state index in [1.807, 2.05) is 24.3 Å². The largest absolute Gasteiger partial charge is 0.379 e. The molecule has 1 saturated heterocycles. The number of hydrogen-bond acceptors (Lipinski definition) is 5. The van der Waals surface area contributed by atoms with Crippen molar-refractivity contribution in [1.82, 2.24) is 14.8 Å². The molecule has 2 aromatic rings. The molecular formula is C29H35ClN4O3. The summed E-state index contributed by atoms with van der Waals surface area (Å²) < 4.78 is 5.45. The molecule has 0 bridgehead atoms. The number of benzene rings is 2. The number of carbonyl (C=O) groups is 2. The average molecular weight is 523 g/mol. The minimum Gasteiger partial charge on any atom is -0.379 e. The lowest BCUT2D eigenvalue weighted by molar-refractivity contribution is -0.142. The van der Waals surface area contributed by atoms with Gasteiger partial charge in [-0.2, -0.15) is 5.10 Å². The topological polar surface area (TPSA) is 65.5 Å². The second-order valence-electron chi connectivity index (χ2n) is 10.3. The molecule has 2 aliphatic heterocycles. The summed E-state index contributed by atoms with van der Waals surface area (Å²) in [7, 11) is 0. The Morgan fingerprint density at radius 2 is 1.78 bits per heavy atom. The summed E-state index contributed by atoms with van der Waals surface area (Å²) in [4.78, 5) is 30.9. The van der Waals surface area contributed by atoms with Gasteiger partial charge in [-0.05, 0) is 67.1 Å². The highest BCUT2D eigenvalue weighted by atomic mass is 35.5. The molecule has 37 heavy (non-hydrogen) atoms. The summed E-state index contributed by atoms with van der Waals surface area (Å²) in [5, 5.41) is 7.08. The molecule has 2 amide bonds. The van der Waals surface area contributed by atoms with Crippen LogP contribution in [0.1, 0.15) is 47.6 Å². The molecule has 1 unspecified atom stereocenters. The highest BCUT2D eigenvalue weighted by molar-refractivity contribution is 6.30. The summed E-state index contributed by atoms with van der Waals surface area (Å²) in [6, 6.07) is 13.7. The Kier molecular flexibility index (Phi) is 7.93. The predicted octanol–water partition coefficient (Wildman–Crippen LogP) is 4.21. The first-order valence-corrected chi connectivity index (χ1v) is 13.6. The zero-order chi connectivity index (χ0) is 25.9. The average Bonchev–Trinajstić information content (AvgIpc) is 3.67. The fourth-order valence-electron chi connectivity index (χ4n) is 4.96. The highest BCUT2D eigenvalue weighted by Crippen LogP contribution is 2.35. The van der Waals surface area contributed by atoms with Crippen molar-refractivity contribution in [3.8, 4) is 0 Å². The lowest BCUT2D eigenvalue weighted by Crippen LogP contribution is -2.47. The van der Waals surface area contributed by atoms with E-state index >= 15 is 0 Å². The zero-order valence-electron chi connectivity index (χ0n) is 21.7. The molecule has 5 rings (SSSR count). The van der Waals surface area contributed by atoms with Gasteiger partial charge in [0, 0.05) is 43.5 Å². The van der Waals surface area contributed by atoms with Crippen LogP contribution in [0.2, 0.25) is 5.02 Å². The zero-order valence-corrected chi connectivity index (χ0v) is 22.4. The van der Waals surface area contributed by atoms with Gasteiger partial charge in [-0.25, -0.2) is 5.01 Å². The third kappa shape index (κ3) is 6.22. The van der Waals surface area contributed by atoms with Crippen molar-refractivity contribution in [2.45, 2.75) is 39.2 Å². The molecule has 0 aromatic heterocycles. The maximum Gasteiger partial charge on any atom is 0.262 e. The number of aryl methyl sites for hydroxylation is 2. The van der Waals surface area contributed by atoms with Crippen molar-refractivity contribution in [2.75, 3.05) is 45.9 Å². The molecule has 1 atom stereocenters. The van der Waals surface area contributed by atoms with Crippen molar-refractivity contribution >= 4 is 29.1 Å². The van der Waals surface area contributed by atoms with Crippen LogP contribution >= 0.6 is 11.6 Å². The molecule has 1 aliphatic carbocycles. The van der Waals surface area contributed by atoms with Crippen LogP contribution < -0.4 is 0 Å². The second-order valence-corrected chi connectivity index (χ2v) is 10.8. The predicted molar refractivity (Wildman–Crippen MR) is 145 cm³/mol. The van der Waals surface area contributed by atoms with Crippen LogP contribution in [0.5, 0.6) is 0 Å². The van der Waals surface area contributed by atoms with E-state index in [9.17, 15) is 9.59 Å². The number of rotatable bonds is 8. The number of carbonyl (C=O) groups excluding carboxylic acids is 2. The smallest absolute Gasteiger partial charge is 0.262 e. The number of hydrazone groups is 1. The van der Waals surface area contributed by atoms with E-state index in [2.05, 4.69) is 36.9 Å². The molecule has 196 valence electrons. The van der Waals surface area contributed by atoms with E-state index in [1.165, 1.54) is 11.1 Å². The first-order chi connectivity index (χ1) is 17.9. The van der Waals surface area contributed by atoms with Crippen LogP contribution in [-0.2, 0) is 14.3 Å². The number of halogens is 1. The van der Waals surface area contributed by atoms with E-state index in [0.29, 0.717) is 31.2 Å². The minimum absolute atomic E-state index is 0.0352. The van der Waals surface area contributed by atoms with Gasteiger partial charge in [-0.1, -0.05) is 35.9 Å². The van der Waals surface area contributed by atoms with Gasteiger partial charge in [0.05, 0.1) is 25.0 Å². The molecule has 0 N–H and O–H groups in total. The van der Waals surface area contributed by atoms with E-state index < -0.39 is 0 Å². The third-order valence-electron chi connectivity index (χ3n) is 7.62. The van der Waals surface area contributed by atoms with Gasteiger partial charge in [0.1, 0.15) is 6.54 Å². The maximum absolute atomic E-state index is 13.8. The molecular weight excluding hydrogens is 488 g/mol. The van der Waals surface area contributed by atoms with Gasteiger partial charge < -0.3 is 9.64 Å². The number of nitrogens with zero attached hydrogens (tertiary/aromatic N) is 4. The first kappa shape index (κ1) is 25.9. The Bertz CT molecular complexity index is 1170. The Labute approximate surface area is 224 Å². The number of morpholine rings is 1. The fraction of sp³-hybridized carbons (Fsp3) is 0.483. The highest BCUT2D eigenvalue weighted by Gasteiger charge is 2.38. The van der Waals surface area contributed by atoms with Gasteiger partial charge >= 0.3 is 0 Å². The van der Waals surface area contributed by atoms with Crippen molar-refractivity contribution in [3.05, 3.63) is 69.7 Å². The monoisotopic (exact) mass is 522 g/mol. The summed E-state index contributed by atoms with van der Waals surface area (Å²) in [5.74, 6) is -0.0188. The Morgan fingerprint density at radius 1 is 1.05 bits per heavy atom. The van der Waals surface area contributed by atoms with E-state index in [0.717, 1.165) is 49.3 Å². The van der Waals surface area contributed by atoms with Crippen molar-refractivity contribution in [3.63, 3.8) is 0 Å². The van der Waals surface area contributed by atoms with Crippen LogP contribution in [-0.4, -0.2) is 78.3 Å². The molecule has 8 heteroatoms. The summed E-state index contributed by atoms with van der Waals surface area (Å²) >= 11 is 6.15. The van der Waals surface area contributed by atoms with Crippen LogP contribution in [0.3, 0.4) is 0 Å². The Hall–Kier alpha value is -2.74. The van der Waals surface area contributed by atoms with E-state index in [-0.39, 0.29) is 30.3 Å². The number of amides is 2. The van der Waals surface area contributed by atoms with Gasteiger partial charge in [-0.3, -0.25) is 14.5 Å². The first-order valence-electron chi connectivity index (χ1n) is 13.2. The molecule has 2 aromatic carbocycles. The molecule has 7 nitrogen and oxygen atoms in total. The molecule has 2 heterocycles. The van der Waals surface area contributed by atoms with Crippen molar-refractivity contribution in [1.29, 1.82) is 0 Å². The van der Waals surface area contributed by atoms with E-state index in [1.54, 1.807) is 9.91 Å². The van der Waals surface area contributed by atoms with Crippen LogP contribution in [0, 0.1) is 19.8 Å². The second kappa shape index (κ2) is 11.3. The Balaban J connectivity index is 1.37. The van der Waals surface area contributed by atoms with Gasteiger partial charge in [0.25, 0.3) is 5.91 Å². The number of hydrogen-bond donors (Lipinski definition) is 0. The van der Waals surface area contributed by atoms with E-state index in [4.69, 9.17) is 21.4 Å². The van der Waals surface area contributed by atoms with Gasteiger partial charge in [-0.15, -0.1) is 0 Å². The fourth-order valence-corrected chi connectivity index (χ4v) is 5.08. The molecule has 0 radical (unpaired) electrons. The standard InChI is InChI=1S/C29H35ClN4O3/c1-20-3-4-24(17-21(20)2)26-18-27(22-7-9-25(30)10-8-22)34(31-26)28(35)19-33(29(36)23-5-6-23)12-11-32-13-15-37-16-14-32/h3-4,7-10,17,23,27H,5-6,11-16,18-19H2,1-2H3. The third-order valence-corrected chi connectivity index (χ3v) is 7.87. The molecule has 3 aliphatic rings. The molecule has 2 fully saturated rings. The molecule has 1 saturated carbocycles. The summed E-state index contributed by atoms with van der Waals surface area (Å²) in [5.41, 5.74) is 5.30. The minimum atomic E-state index is -0.238. The number of ether oxygens (including phenoxy) is 1. The van der Waals surface area contributed by atoms with Crippen LogP contribution in [0.15, 0.2) is 47.6 Å². The SMILES string of the molecule is Cc1ccc(C2=NN(C(=O)CN(CCN3CCOCC3)C(=O)C3CC3)C(c3ccc(Cl)cc3)C2)cc1C. The maximum atomic E-state index is 13.8. The van der Waals surface area contributed by atoms with Gasteiger partial charge in [0.2, 0.25) is 5.91 Å². The summed E-state index contributed by atoms with van der Waals surface area (Å²) in [6.07, 6.45) is 2.43.